The molecule has 0 aromatic carbocycles. The highest BCUT2D eigenvalue weighted by Gasteiger charge is 2.45. The van der Waals surface area contributed by atoms with E-state index in [2.05, 4.69) is 0 Å². The Morgan fingerprint density at radius 3 is 2.00 bits per heavy atom. The number of esters is 2. The summed E-state index contributed by atoms with van der Waals surface area (Å²) in [7, 11) is 5.28. The van der Waals surface area contributed by atoms with Gasteiger partial charge in [-0.2, -0.15) is 0 Å². The lowest BCUT2D eigenvalue weighted by molar-refractivity contribution is -0.163. The predicted molar refractivity (Wildman–Crippen MR) is 92.0 cm³/mol. The van der Waals surface area contributed by atoms with Gasteiger partial charge in [-0.15, -0.1) is 0 Å². The van der Waals surface area contributed by atoms with Crippen LogP contribution in [0, 0.1) is 22.7 Å². The quantitative estimate of drug-likeness (QED) is 0.609. The Balaban J connectivity index is 5.14. The molecule has 2 atom stereocenters. The van der Waals surface area contributed by atoms with Crippen molar-refractivity contribution in [3.8, 4) is 0 Å². The monoisotopic (exact) mass is 329 g/mol. The van der Waals surface area contributed by atoms with Gasteiger partial charge in [0.15, 0.2) is 0 Å². The minimum Gasteiger partial charge on any atom is -0.469 e. The van der Waals surface area contributed by atoms with Crippen LogP contribution in [-0.4, -0.2) is 51.2 Å². The molecular weight excluding hydrogens is 294 g/mol. The van der Waals surface area contributed by atoms with E-state index in [0.717, 1.165) is 0 Å². The van der Waals surface area contributed by atoms with Crippen LogP contribution in [0.15, 0.2) is 0 Å². The Bertz CT molecular complexity index is 404. The Kier molecular flexibility index (Phi) is 8.25. The molecule has 23 heavy (non-hydrogen) atoms. The first-order valence-corrected chi connectivity index (χ1v) is 8.28. The number of hydrogen-bond acceptors (Lipinski definition) is 5. The lowest BCUT2D eigenvalue weighted by Crippen LogP contribution is -2.43. The fourth-order valence-corrected chi connectivity index (χ4v) is 2.59. The lowest BCUT2D eigenvalue weighted by Gasteiger charge is -2.40. The van der Waals surface area contributed by atoms with Gasteiger partial charge in [0.05, 0.1) is 18.4 Å². The number of rotatable bonds is 9. The molecule has 0 saturated heterocycles. The van der Waals surface area contributed by atoms with Crippen LogP contribution in [0.4, 0.5) is 0 Å². The largest absolute Gasteiger partial charge is 0.469 e. The highest BCUT2D eigenvalue weighted by atomic mass is 16.5. The van der Waals surface area contributed by atoms with Gasteiger partial charge in [-0.05, 0) is 38.8 Å². The molecule has 0 bridgehead atoms. The van der Waals surface area contributed by atoms with Crippen LogP contribution in [0.25, 0.3) is 0 Å². The summed E-state index contributed by atoms with van der Waals surface area (Å²) in [4.78, 5) is 26.5. The van der Waals surface area contributed by atoms with E-state index in [9.17, 15) is 9.59 Å². The normalized spacial score (nSPS) is 16.1. The number of carbonyl (C=O) groups excluding carboxylic acids is 2. The van der Waals surface area contributed by atoms with Crippen molar-refractivity contribution in [2.24, 2.45) is 22.7 Å². The molecule has 0 aromatic heterocycles. The molecule has 0 aliphatic rings. The van der Waals surface area contributed by atoms with Gasteiger partial charge < -0.3 is 14.4 Å². The average molecular weight is 329 g/mol. The molecule has 0 aliphatic heterocycles. The van der Waals surface area contributed by atoms with E-state index in [-0.39, 0.29) is 29.2 Å². The maximum Gasteiger partial charge on any atom is 0.312 e. The fraction of sp³-hybridized carbons (Fsp3) is 0.889. The summed E-state index contributed by atoms with van der Waals surface area (Å²) < 4.78 is 10.4. The molecule has 0 aliphatic carbocycles. The molecule has 0 heterocycles. The summed E-state index contributed by atoms with van der Waals surface area (Å²) in [5.41, 5.74) is -1.01. The van der Waals surface area contributed by atoms with Crippen LogP contribution in [0.1, 0.15) is 48.0 Å². The van der Waals surface area contributed by atoms with Crippen molar-refractivity contribution in [1.29, 1.82) is 0 Å². The maximum atomic E-state index is 12.7. The van der Waals surface area contributed by atoms with Gasteiger partial charge in [0, 0.05) is 6.54 Å². The lowest BCUT2D eigenvalue weighted by atomic mass is 9.64. The Labute approximate surface area is 141 Å². The van der Waals surface area contributed by atoms with Crippen molar-refractivity contribution in [1.82, 2.24) is 4.90 Å². The number of ether oxygens (including phenoxy) is 2. The van der Waals surface area contributed by atoms with Gasteiger partial charge in [0.25, 0.3) is 0 Å². The van der Waals surface area contributed by atoms with Gasteiger partial charge in [-0.3, -0.25) is 9.59 Å². The van der Waals surface area contributed by atoms with Crippen molar-refractivity contribution >= 4 is 11.9 Å². The first kappa shape index (κ1) is 21.9. The summed E-state index contributed by atoms with van der Waals surface area (Å²) >= 11 is 0. The highest BCUT2D eigenvalue weighted by molar-refractivity contribution is 5.77. The molecule has 0 fully saturated rings. The minimum atomic E-state index is -0.641. The third-order valence-corrected chi connectivity index (χ3v) is 5.06. The predicted octanol–water partition coefficient (Wildman–Crippen LogP) is 2.98. The summed E-state index contributed by atoms with van der Waals surface area (Å²) in [6.45, 7) is 12.9. The van der Waals surface area contributed by atoms with E-state index in [0.29, 0.717) is 19.6 Å². The Morgan fingerprint density at radius 1 is 1.09 bits per heavy atom. The van der Waals surface area contributed by atoms with Gasteiger partial charge in [-0.1, -0.05) is 34.6 Å². The van der Waals surface area contributed by atoms with Gasteiger partial charge in [-0.25, -0.2) is 0 Å². The van der Waals surface area contributed by atoms with Crippen molar-refractivity contribution in [2.45, 2.75) is 48.0 Å². The zero-order chi connectivity index (χ0) is 18.4. The average Bonchev–Trinajstić information content (AvgIpc) is 2.44. The summed E-state index contributed by atoms with van der Waals surface area (Å²) in [5, 5.41) is 0. The molecular formula is C18H35NO4. The van der Waals surface area contributed by atoms with E-state index < -0.39 is 5.41 Å². The number of methoxy groups -OCH3 is 1. The topological polar surface area (TPSA) is 55.8 Å². The van der Waals surface area contributed by atoms with Gasteiger partial charge in [0.1, 0.15) is 6.61 Å². The highest BCUT2D eigenvalue weighted by Crippen LogP contribution is 2.44. The van der Waals surface area contributed by atoms with E-state index in [1.165, 1.54) is 7.11 Å². The molecule has 0 radical (unpaired) electrons. The third kappa shape index (κ3) is 6.13. The van der Waals surface area contributed by atoms with Crippen LogP contribution in [-0.2, 0) is 19.1 Å². The standard InChI is InChI=1S/C18H35NO4/c1-13(2)18(6,16(21)23-11-10-19(7)8)12-17(4,5)14(3)15(20)22-9/h13-14H,10-12H2,1-9H3. The second-order valence-electron chi connectivity index (χ2n) is 7.92. The second-order valence-corrected chi connectivity index (χ2v) is 7.92. The second kappa shape index (κ2) is 8.67. The van der Waals surface area contributed by atoms with Crippen LogP contribution in [0.3, 0.4) is 0 Å². The fourth-order valence-electron chi connectivity index (χ4n) is 2.59. The van der Waals surface area contributed by atoms with Crippen molar-refractivity contribution in [3.63, 3.8) is 0 Å². The van der Waals surface area contributed by atoms with Crippen molar-refractivity contribution < 1.29 is 19.1 Å². The molecule has 0 aromatic rings. The zero-order valence-electron chi connectivity index (χ0n) is 16.4. The van der Waals surface area contributed by atoms with E-state index >= 15 is 0 Å². The van der Waals surface area contributed by atoms with Crippen LogP contribution in [0.2, 0.25) is 0 Å². The first-order valence-electron chi connectivity index (χ1n) is 8.28. The van der Waals surface area contributed by atoms with Gasteiger partial charge in [0.2, 0.25) is 0 Å². The minimum absolute atomic E-state index is 0.110. The smallest absolute Gasteiger partial charge is 0.312 e. The number of nitrogens with zero attached hydrogens (tertiary/aromatic N) is 1. The van der Waals surface area contributed by atoms with Crippen LogP contribution < -0.4 is 0 Å². The summed E-state index contributed by atoms with van der Waals surface area (Å²) in [6, 6.07) is 0. The van der Waals surface area contributed by atoms with Crippen LogP contribution >= 0.6 is 0 Å². The molecule has 0 N–H and O–H groups in total. The van der Waals surface area contributed by atoms with Gasteiger partial charge >= 0.3 is 11.9 Å². The molecule has 0 rings (SSSR count). The Morgan fingerprint density at radius 2 is 1.61 bits per heavy atom. The zero-order valence-corrected chi connectivity index (χ0v) is 16.4. The third-order valence-electron chi connectivity index (χ3n) is 5.06. The number of carbonyl (C=O) groups is 2. The Hall–Kier alpha value is -1.10. The molecule has 5 nitrogen and oxygen atoms in total. The SMILES string of the molecule is COC(=O)C(C)C(C)(C)CC(C)(C(=O)OCCN(C)C)C(C)C. The van der Waals surface area contributed by atoms with Crippen molar-refractivity contribution in [2.75, 3.05) is 34.4 Å². The van der Waals surface area contributed by atoms with E-state index in [4.69, 9.17) is 9.47 Å². The molecule has 0 saturated carbocycles. The summed E-state index contributed by atoms with van der Waals surface area (Å²) in [6.07, 6.45) is 0.564. The summed E-state index contributed by atoms with van der Waals surface area (Å²) in [5.74, 6) is -0.625. The molecule has 0 spiro atoms. The molecule has 2 unspecified atom stereocenters. The number of hydrogen-bond donors (Lipinski definition) is 0. The van der Waals surface area contributed by atoms with E-state index in [1.807, 2.05) is 60.5 Å². The van der Waals surface area contributed by atoms with Crippen molar-refractivity contribution in [3.05, 3.63) is 0 Å². The first-order chi connectivity index (χ1) is 10.4. The number of likely N-dealkylation sites (N-methyl/N-ethyl adjacent to an activating group) is 1. The molecule has 136 valence electrons. The van der Waals surface area contributed by atoms with Crippen LogP contribution in [0.5, 0.6) is 0 Å². The molecule has 0 amide bonds. The molecule has 5 heteroatoms. The van der Waals surface area contributed by atoms with E-state index in [1.54, 1.807) is 0 Å². The maximum absolute atomic E-state index is 12.7.